The number of carbonyl (C=O) groups excluding carboxylic acids is 1. The number of hydrogen-bond acceptors (Lipinski definition) is 5. The molecule has 1 unspecified atom stereocenters. The quantitative estimate of drug-likeness (QED) is 0.454. The Morgan fingerprint density at radius 2 is 2.00 bits per heavy atom. The van der Waals surface area contributed by atoms with Crippen molar-refractivity contribution in [1.82, 2.24) is 0 Å². The summed E-state index contributed by atoms with van der Waals surface area (Å²) in [5.74, 6) is -1.97. The van der Waals surface area contributed by atoms with Crippen molar-refractivity contribution in [2.75, 3.05) is 0 Å². The fourth-order valence-corrected chi connectivity index (χ4v) is 0.640. The maximum Gasteiger partial charge on any atom is 0.353 e. The fraction of sp³-hybridized carbons (Fsp3) is 0.833. The lowest BCUT2D eigenvalue weighted by atomic mass is 9.85. The van der Waals surface area contributed by atoms with Crippen molar-refractivity contribution >= 4 is 5.97 Å². The van der Waals surface area contributed by atoms with Crippen molar-refractivity contribution in [2.24, 2.45) is 5.41 Å². The predicted octanol–water partition coefficient (Wildman–Crippen LogP) is 0.707. The molecule has 1 N–H and O–H groups in total. The molecule has 0 bridgehead atoms. The van der Waals surface area contributed by atoms with Crippen molar-refractivity contribution < 1.29 is 24.7 Å². The van der Waals surface area contributed by atoms with Gasteiger partial charge in [-0.1, -0.05) is 0 Å². The van der Waals surface area contributed by atoms with Gasteiger partial charge in [-0.25, -0.2) is 10.1 Å². The fourth-order valence-electron chi connectivity index (χ4n) is 0.640. The molecule has 1 rings (SSSR count). The van der Waals surface area contributed by atoms with Gasteiger partial charge in [-0.2, -0.15) is 4.89 Å². The summed E-state index contributed by atoms with van der Waals surface area (Å²) in [5, 5.41) is 8.42. The molecule has 5 nitrogen and oxygen atoms in total. The molecule has 0 spiro atoms. The molecule has 0 radical (unpaired) electrons. The van der Waals surface area contributed by atoms with Crippen LogP contribution in [-0.2, 0) is 19.5 Å². The Labute approximate surface area is 63.7 Å². The van der Waals surface area contributed by atoms with Gasteiger partial charge in [-0.05, 0) is 20.8 Å². The van der Waals surface area contributed by atoms with E-state index in [1.165, 1.54) is 6.92 Å². The lowest BCUT2D eigenvalue weighted by Crippen LogP contribution is -2.43. The minimum absolute atomic E-state index is 0.561. The molecule has 0 amide bonds. The maximum atomic E-state index is 10.9. The molecule has 1 fully saturated rings. The van der Waals surface area contributed by atoms with Gasteiger partial charge in [0.05, 0.1) is 0 Å². The molecule has 1 heterocycles. The topological polar surface area (TPSA) is 65.0 Å². The number of carbonyl (C=O) groups is 1. The zero-order valence-electron chi connectivity index (χ0n) is 6.58. The smallest absolute Gasteiger partial charge is 0.294 e. The van der Waals surface area contributed by atoms with Crippen LogP contribution in [0.5, 0.6) is 0 Å². The van der Waals surface area contributed by atoms with Gasteiger partial charge in [0.2, 0.25) is 0 Å². The normalized spacial score (nSPS) is 35.5. The second-order valence-corrected chi connectivity index (χ2v) is 3.12. The van der Waals surface area contributed by atoms with Gasteiger partial charge in [0.25, 0.3) is 5.79 Å². The molecule has 1 atom stereocenters. The highest BCUT2D eigenvalue weighted by Crippen LogP contribution is 2.41. The van der Waals surface area contributed by atoms with Crippen molar-refractivity contribution in [3.8, 4) is 0 Å². The molecule has 1 aliphatic heterocycles. The van der Waals surface area contributed by atoms with Crippen LogP contribution in [-0.4, -0.2) is 17.0 Å². The van der Waals surface area contributed by atoms with Gasteiger partial charge in [-0.15, -0.1) is 4.89 Å². The largest absolute Gasteiger partial charge is 0.353 e. The van der Waals surface area contributed by atoms with E-state index in [1.807, 2.05) is 0 Å². The standard InChI is InChI=1S/C6H10O5/c1-5(2)4(7)9-11-6(5,3)10-8/h8H,1-3H3. The highest BCUT2D eigenvalue weighted by molar-refractivity contribution is 5.77. The van der Waals surface area contributed by atoms with Crippen LogP contribution in [0.4, 0.5) is 0 Å². The Morgan fingerprint density at radius 3 is 2.18 bits per heavy atom. The number of rotatable bonds is 1. The third-order valence-corrected chi connectivity index (χ3v) is 2.10. The average Bonchev–Trinajstić information content (AvgIpc) is 2.15. The van der Waals surface area contributed by atoms with Gasteiger partial charge in [-0.3, -0.25) is 4.89 Å². The first-order valence-electron chi connectivity index (χ1n) is 3.17. The summed E-state index contributed by atoms with van der Waals surface area (Å²) in [6.45, 7) is 4.52. The summed E-state index contributed by atoms with van der Waals surface area (Å²) in [7, 11) is 0. The molecular weight excluding hydrogens is 152 g/mol. The minimum Gasteiger partial charge on any atom is -0.294 e. The zero-order valence-corrected chi connectivity index (χ0v) is 6.58. The monoisotopic (exact) mass is 162 g/mol. The third kappa shape index (κ3) is 0.926. The van der Waals surface area contributed by atoms with E-state index in [1.54, 1.807) is 13.8 Å². The van der Waals surface area contributed by atoms with E-state index in [2.05, 4.69) is 14.7 Å². The van der Waals surface area contributed by atoms with Crippen LogP contribution >= 0.6 is 0 Å². The van der Waals surface area contributed by atoms with Gasteiger partial charge >= 0.3 is 5.97 Å². The van der Waals surface area contributed by atoms with E-state index in [4.69, 9.17) is 5.26 Å². The molecule has 0 aromatic carbocycles. The molecule has 0 saturated carbocycles. The van der Waals surface area contributed by atoms with Crippen LogP contribution < -0.4 is 0 Å². The van der Waals surface area contributed by atoms with Crippen LogP contribution in [0.2, 0.25) is 0 Å². The van der Waals surface area contributed by atoms with Crippen molar-refractivity contribution in [3.05, 3.63) is 0 Å². The van der Waals surface area contributed by atoms with Crippen molar-refractivity contribution in [2.45, 2.75) is 26.6 Å². The van der Waals surface area contributed by atoms with E-state index in [-0.39, 0.29) is 0 Å². The first-order chi connectivity index (χ1) is 4.94. The lowest BCUT2D eigenvalue weighted by molar-refractivity contribution is -0.466. The van der Waals surface area contributed by atoms with Crippen molar-refractivity contribution in [3.63, 3.8) is 0 Å². The second kappa shape index (κ2) is 2.17. The second-order valence-electron chi connectivity index (χ2n) is 3.12. The number of hydrogen-bond donors (Lipinski definition) is 1. The molecule has 1 saturated heterocycles. The average molecular weight is 162 g/mol. The van der Waals surface area contributed by atoms with Gasteiger partial charge in [0, 0.05) is 0 Å². The Morgan fingerprint density at radius 1 is 1.45 bits per heavy atom. The molecule has 5 heteroatoms. The van der Waals surface area contributed by atoms with E-state index in [0.717, 1.165) is 0 Å². The molecule has 0 aromatic heterocycles. The van der Waals surface area contributed by atoms with Gasteiger partial charge in [0.15, 0.2) is 0 Å². The highest BCUT2D eigenvalue weighted by Gasteiger charge is 2.59. The summed E-state index contributed by atoms with van der Waals surface area (Å²) in [5.41, 5.74) is -0.998. The minimum atomic E-state index is -1.41. The van der Waals surface area contributed by atoms with Gasteiger partial charge in [0.1, 0.15) is 5.41 Å². The zero-order chi connectivity index (χ0) is 8.70. The molecule has 1 aliphatic rings. The summed E-state index contributed by atoms with van der Waals surface area (Å²) < 4.78 is 0. The SMILES string of the molecule is CC1(OO)OOC(=O)C1(C)C. The summed E-state index contributed by atoms with van der Waals surface area (Å²) in [4.78, 5) is 23.7. The van der Waals surface area contributed by atoms with Crippen LogP contribution in [0, 0.1) is 5.41 Å². The van der Waals surface area contributed by atoms with Crippen LogP contribution in [0.15, 0.2) is 0 Å². The van der Waals surface area contributed by atoms with Crippen LogP contribution in [0.1, 0.15) is 20.8 Å². The van der Waals surface area contributed by atoms with Gasteiger partial charge < -0.3 is 0 Å². The molecule has 11 heavy (non-hydrogen) atoms. The molecule has 0 aromatic rings. The summed E-state index contributed by atoms with van der Waals surface area (Å²) >= 11 is 0. The first kappa shape index (κ1) is 8.45. The highest BCUT2D eigenvalue weighted by atomic mass is 17.3. The van der Waals surface area contributed by atoms with Crippen LogP contribution in [0.25, 0.3) is 0 Å². The summed E-state index contributed by atoms with van der Waals surface area (Å²) in [6.07, 6.45) is 0. The molecule has 0 aliphatic carbocycles. The maximum absolute atomic E-state index is 10.9. The Hall–Kier alpha value is -0.650. The molecular formula is C6H10O5. The van der Waals surface area contributed by atoms with E-state index in [9.17, 15) is 4.79 Å². The van der Waals surface area contributed by atoms with E-state index >= 15 is 0 Å². The van der Waals surface area contributed by atoms with E-state index in [0.29, 0.717) is 0 Å². The molecule has 64 valence electrons. The van der Waals surface area contributed by atoms with Crippen LogP contribution in [0.3, 0.4) is 0 Å². The Kier molecular flexibility index (Phi) is 1.66. The third-order valence-electron chi connectivity index (χ3n) is 2.10. The van der Waals surface area contributed by atoms with E-state index < -0.39 is 17.2 Å². The Balaban J connectivity index is 2.95. The Bertz CT molecular complexity index is 187. The predicted molar refractivity (Wildman–Crippen MR) is 33.1 cm³/mol. The van der Waals surface area contributed by atoms with Crippen molar-refractivity contribution in [1.29, 1.82) is 0 Å². The summed E-state index contributed by atoms with van der Waals surface area (Å²) in [6, 6.07) is 0. The first-order valence-corrected chi connectivity index (χ1v) is 3.17. The lowest BCUT2D eigenvalue weighted by Gasteiger charge is -2.25.